The molecule has 2 atom stereocenters. The number of hydrogen-bond acceptors (Lipinski definition) is 6. The number of amides is 2. The van der Waals surface area contributed by atoms with Crippen LogP contribution in [0.4, 0.5) is 0 Å². The number of aryl methyl sites for hydroxylation is 1. The second kappa shape index (κ2) is 9.50. The molecule has 6 rings (SSSR count). The molecule has 4 heterocycles. The van der Waals surface area contributed by atoms with E-state index in [1.54, 1.807) is 46.1 Å². The van der Waals surface area contributed by atoms with Crippen molar-refractivity contribution in [3.8, 4) is 17.2 Å². The predicted molar refractivity (Wildman–Crippen MR) is 134 cm³/mol. The van der Waals surface area contributed by atoms with Crippen LogP contribution in [0.25, 0.3) is 0 Å². The summed E-state index contributed by atoms with van der Waals surface area (Å²) in [5, 5.41) is 17.6. The number of fused-ring (bicyclic) bond motifs is 6. The molecule has 0 radical (unpaired) electrons. The summed E-state index contributed by atoms with van der Waals surface area (Å²) in [6.07, 6.45) is 4.31. The monoisotopic (exact) mass is 498 g/mol. The fourth-order valence-corrected chi connectivity index (χ4v) is 5.01. The van der Waals surface area contributed by atoms with Crippen LogP contribution in [0.3, 0.4) is 0 Å². The van der Waals surface area contributed by atoms with Crippen LogP contribution in [0, 0.1) is 0 Å². The van der Waals surface area contributed by atoms with Crippen LogP contribution in [0.2, 0.25) is 0 Å². The van der Waals surface area contributed by atoms with Crippen LogP contribution >= 0.6 is 0 Å². The minimum atomic E-state index is -0.262. The Kier molecular flexibility index (Phi) is 5.88. The third kappa shape index (κ3) is 4.80. The maximum atomic E-state index is 13.4. The third-order valence-electron chi connectivity index (χ3n) is 6.88. The van der Waals surface area contributed by atoms with E-state index in [1.807, 2.05) is 36.5 Å². The minimum Gasteiger partial charge on any atom is -0.504 e. The summed E-state index contributed by atoms with van der Waals surface area (Å²) in [5.74, 6) is 1.41. The number of likely N-dealkylation sites (tertiary alicyclic amines) is 1. The van der Waals surface area contributed by atoms with Crippen molar-refractivity contribution in [2.45, 2.75) is 31.3 Å². The highest BCUT2D eigenvalue weighted by atomic mass is 16.5. The van der Waals surface area contributed by atoms with E-state index in [0.29, 0.717) is 43.3 Å². The molecule has 2 aliphatic rings. The van der Waals surface area contributed by atoms with E-state index in [9.17, 15) is 14.7 Å². The van der Waals surface area contributed by atoms with Crippen molar-refractivity contribution < 1.29 is 23.8 Å². The Morgan fingerprint density at radius 3 is 2.86 bits per heavy atom. The number of aromatic nitrogens is 2. The number of phenolic OH excluding ortho intramolecular Hbond substituents is 1. The Labute approximate surface area is 213 Å². The normalized spacial score (nSPS) is 19.1. The lowest BCUT2D eigenvalue weighted by Crippen LogP contribution is -2.40. The molecule has 9 nitrogen and oxygen atoms in total. The Balaban J connectivity index is 1.26. The summed E-state index contributed by atoms with van der Waals surface area (Å²) < 4.78 is 13.6. The molecule has 188 valence electrons. The van der Waals surface area contributed by atoms with Crippen LogP contribution in [0.1, 0.15) is 39.8 Å². The lowest BCUT2D eigenvalue weighted by molar-refractivity contribution is -0.121. The number of rotatable bonds is 3. The van der Waals surface area contributed by atoms with Gasteiger partial charge in [-0.2, -0.15) is 5.10 Å². The quantitative estimate of drug-likeness (QED) is 0.446. The first-order chi connectivity index (χ1) is 18.0. The van der Waals surface area contributed by atoms with Gasteiger partial charge < -0.3 is 24.5 Å². The maximum absolute atomic E-state index is 13.4. The molecule has 4 bridgehead atoms. The summed E-state index contributed by atoms with van der Waals surface area (Å²) in [7, 11) is 0. The molecule has 0 aliphatic carbocycles. The molecule has 2 N–H and O–H groups in total. The standard InChI is InChI=1S/C28H26N4O5/c33-24-8-5-18-6-10-27(34)30-23-17-31(16-22(23)19-3-1-4-20(14-19)36-26(24)13-18)28(35)25-9-7-21(37-25)15-32-12-2-11-29-32/h1-5,7-9,11-14,22-23,33H,6,10,15-17H2,(H,30,34)/t22-,23+/m0/s1. The summed E-state index contributed by atoms with van der Waals surface area (Å²) in [6.45, 7) is 1.22. The summed E-state index contributed by atoms with van der Waals surface area (Å²) >= 11 is 0. The van der Waals surface area contributed by atoms with Gasteiger partial charge in [0.05, 0.1) is 12.6 Å². The molecule has 2 aliphatic heterocycles. The molecular weight excluding hydrogens is 472 g/mol. The van der Waals surface area contributed by atoms with Gasteiger partial charge in [-0.05, 0) is 60.0 Å². The van der Waals surface area contributed by atoms with E-state index >= 15 is 0 Å². The van der Waals surface area contributed by atoms with E-state index < -0.39 is 0 Å². The van der Waals surface area contributed by atoms with Gasteiger partial charge in [0.1, 0.15) is 11.5 Å². The average molecular weight is 499 g/mol. The minimum absolute atomic E-state index is 0.0364. The number of nitrogens with one attached hydrogen (secondary N) is 1. The largest absolute Gasteiger partial charge is 0.504 e. The smallest absolute Gasteiger partial charge is 0.289 e. The van der Waals surface area contributed by atoms with Gasteiger partial charge in [-0.15, -0.1) is 0 Å². The van der Waals surface area contributed by atoms with Crippen molar-refractivity contribution in [3.63, 3.8) is 0 Å². The van der Waals surface area contributed by atoms with Crippen molar-refractivity contribution in [2.75, 3.05) is 13.1 Å². The highest BCUT2D eigenvalue weighted by Gasteiger charge is 2.38. The molecule has 0 saturated carbocycles. The molecule has 1 fully saturated rings. The van der Waals surface area contributed by atoms with Crippen molar-refractivity contribution >= 4 is 11.8 Å². The number of ether oxygens (including phenoxy) is 1. The van der Waals surface area contributed by atoms with Crippen molar-refractivity contribution in [1.82, 2.24) is 20.0 Å². The topological polar surface area (TPSA) is 110 Å². The number of carbonyl (C=O) groups is 2. The number of carbonyl (C=O) groups excluding carboxylic acids is 2. The van der Waals surface area contributed by atoms with Crippen LogP contribution in [0.15, 0.2) is 77.5 Å². The number of aromatic hydroxyl groups is 1. The Bertz CT molecular complexity index is 1440. The Hall–Kier alpha value is -4.53. The van der Waals surface area contributed by atoms with Gasteiger partial charge in [-0.3, -0.25) is 14.3 Å². The lowest BCUT2D eigenvalue weighted by atomic mass is 9.94. The van der Waals surface area contributed by atoms with E-state index in [-0.39, 0.29) is 41.7 Å². The number of furan rings is 1. The number of phenols is 1. The van der Waals surface area contributed by atoms with E-state index in [0.717, 1.165) is 11.1 Å². The number of nitrogens with zero attached hydrogens (tertiary/aromatic N) is 3. The number of hydrogen-bond donors (Lipinski definition) is 2. The summed E-state index contributed by atoms with van der Waals surface area (Å²) in [5.41, 5.74) is 1.83. The van der Waals surface area contributed by atoms with Gasteiger partial charge in [0, 0.05) is 37.8 Å². The highest BCUT2D eigenvalue weighted by molar-refractivity contribution is 5.92. The van der Waals surface area contributed by atoms with E-state index in [4.69, 9.17) is 9.15 Å². The maximum Gasteiger partial charge on any atom is 0.289 e. The van der Waals surface area contributed by atoms with E-state index in [1.165, 1.54) is 0 Å². The first-order valence-corrected chi connectivity index (χ1v) is 12.3. The molecule has 37 heavy (non-hydrogen) atoms. The molecule has 0 unspecified atom stereocenters. The summed E-state index contributed by atoms with van der Waals surface area (Å²) in [6, 6.07) is 17.7. The first-order valence-electron chi connectivity index (χ1n) is 12.3. The molecule has 9 heteroatoms. The second-order valence-corrected chi connectivity index (χ2v) is 9.44. The van der Waals surface area contributed by atoms with Crippen molar-refractivity contribution in [2.24, 2.45) is 0 Å². The molecule has 0 spiro atoms. The molecular formula is C28H26N4O5. The van der Waals surface area contributed by atoms with Crippen molar-refractivity contribution in [1.29, 1.82) is 0 Å². The van der Waals surface area contributed by atoms with Gasteiger partial charge >= 0.3 is 0 Å². The third-order valence-corrected chi connectivity index (χ3v) is 6.88. The lowest BCUT2D eigenvalue weighted by Gasteiger charge is -2.20. The predicted octanol–water partition coefficient (Wildman–Crippen LogP) is 3.69. The SMILES string of the molecule is O=C1CCc2ccc(O)c(c2)Oc2cccc(c2)[C@@H]2CN(C(=O)c3ccc(Cn4cccn4)o3)C[C@H]2N1. The van der Waals surface area contributed by atoms with Gasteiger partial charge in [-0.1, -0.05) is 18.2 Å². The zero-order valence-electron chi connectivity index (χ0n) is 20.0. The molecule has 2 aromatic heterocycles. The van der Waals surface area contributed by atoms with Crippen molar-refractivity contribution in [3.05, 3.63) is 95.7 Å². The molecule has 1 saturated heterocycles. The Morgan fingerprint density at radius 2 is 2.00 bits per heavy atom. The Morgan fingerprint density at radius 1 is 1.08 bits per heavy atom. The summed E-state index contributed by atoms with van der Waals surface area (Å²) in [4.78, 5) is 28.0. The van der Waals surface area contributed by atoms with Crippen LogP contribution in [-0.2, 0) is 17.8 Å². The molecule has 4 aromatic rings. The van der Waals surface area contributed by atoms with E-state index in [2.05, 4.69) is 10.4 Å². The molecule has 2 amide bonds. The van der Waals surface area contributed by atoms with Gasteiger partial charge in [0.15, 0.2) is 17.3 Å². The second-order valence-electron chi connectivity index (χ2n) is 9.44. The van der Waals surface area contributed by atoms with Crippen LogP contribution < -0.4 is 10.1 Å². The van der Waals surface area contributed by atoms with Gasteiger partial charge in [0.2, 0.25) is 5.91 Å². The molecule has 2 aromatic carbocycles. The van der Waals surface area contributed by atoms with Gasteiger partial charge in [0.25, 0.3) is 5.91 Å². The highest BCUT2D eigenvalue weighted by Crippen LogP contribution is 2.36. The van der Waals surface area contributed by atoms with Gasteiger partial charge in [-0.25, -0.2) is 0 Å². The fourth-order valence-electron chi connectivity index (χ4n) is 5.01. The fraction of sp³-hybridized carbons (Fsp3) is 0.250. The average Bonchev–Trinajstić information content (AvgIpc) is 3.66. The van der Waals surface area contributed by atoms with Crippen LogP contribution in [0.5, 0.6) is 17.2 Å². The zero-order valence-corrected chi connectivity index (χ0v) is 20.0. The zero-order chi connectivity index (χ0) is 25.4. The number of benzene rings is 2. The first kappa shape index (κ1) is 22.9. The van der Waals surface area contributed by atoms with Crippen LogP contribution in [-0.4, -0.2) is 50.7 Å².